The molecule has 0 aliphatic carbocycles. The lowest BCUT2D eigenvalue weighted by Gasteiger charge is -2.27. The zero-order valence-electron chi connectivity index (χ0n) is 13.0. The topological polar surface area (TPSA) is 119 Å². The molecule has 1 aliphatic rings. The number of carbonyl (C=O) groups is 3. The van der Waals surface area contributed by atoms with Crippen molar-refractivity contribution in [1.82, 2.24) is 10.2 Å². The van der Waals surface area contributed by atoms with E-state index in [1.165, 1.54) is 4.90 Å². The van der Waals surface area contributed by atoms with E-state index in [0.29, 0.717) is 19.4 Å². The van der Waals surface area contributed by atoms with Gasteiger partial charge in [0.05, 0.1) is 6.04 Å². The Morgan fingerprint density at radius 2 is 1.90 bits per heavy atom. The highest BCUT2D eigenvalue weighted by Gasteiger charge is 2.36. The van der Waals surface area contributed by atoms with Crippen molar-refractivity contribution in [3.05, 3.63) is 0 Å². The van der Waals surface area contributed by atoms with Gasteiger partial charge in [0.25, 0.3) is 0 Å². The van der Waals surface area contributed by atoms with Gasteiger partial charge in [-0.25, -0.2) is 0 Å². The van der Waals surface area contributed by atoms with Crippen LogP contribution in [0.25, 0.3) is 0 Å². The van der Waals surface area contributed by atoms with Crippen molar-refractivity contribution in [1.29, 1.82) is 0 Å². The van der Waals surface area contributed by atoms with E-state index in [-0.39, 0.29) is 17.7 Å². The van der Waals surface area contributed by atoms with Gasteiger partial charge in [-0.05, 0) is 32.1 Å². The molecule has 0 unspecified atom stereocenters. The Labute approximate surface area is 125 Å². The molecule has 1 saturated heterocycles. The summed E-state index contributed by atoms with van der Waals surface area (Å²) in [7, 11) is 0. The van der Waals surface area contributed by atoms with Crippen molar-refractivity contribution in [3.8, 4) is 0 Å². The van der Waals surface area contributed by atoms with Crippen LogP contribution in [-0.2, 0) is 14.4 Å². The number of hydrogen-bond donors (Lipinski definition) is 3. The van der Waals surface area contributed by atoms with E-state index in [0.717, 1.165) is 6.42 Å². The van der Waals surface area contributed by atoms with E-state index >= 15 is 0 Å². The molecular formula is C14H26N4O3. The number of primary amides is 1. The lowest BCUT2D eigenvalue weighted by molar-refractivity contribution is -0.140. The number of likely N-dealkylation sites (tertiary alicyclic amines) is 1. The molecule has 120 valence electrons. The van der Waals surface area contributed by atoms with E-state index in [2.05, 4.69) is 5.32 Å². The fraction of sp³-hybridized carbons (Fsp3) is 0.786. The van der Waals surface area contributed by atoms with Crippen LogP contribution in [-0.4, -0.2) is 47.3 Å². The van der Waals surface area contributed by atoms with Crippen molar-refractivity contribution in [2.75, 3.05) is 6.54 Å². The average Bonchev–Trinajstić information content (AvgIpc) is 2.85. The van der Waals surface area contributed by atoms with Gasteiger partial charge in [-0.1, -0.05) is 13.8 Å². The third-order valence-electron chi connectivity index (χ3n) is 3.60. The van der Waals surface area contributed by atoms with Crippen molar-refractivity contribution >= 4 is 17.7 Å². The van der Waals surface area contributed by atoms with Crippen LogP contribution >= 0.6 is 0 Å². The first kappa shape index (κ1) is 17.4. The van der Waals surface area contributed by atoms with Crippen LogP contribution in [0, 0.1) is 5.92 Å². The summed E-state index contributed by atoms with van der Waals surface area (Å²) >= 11 is 0. The standard InChI is InChI=1S/C14H26N4O3/c1-8(2)7-10(12(16)19)17-13(20)11-5-4-6-18(11)14(21)9(3)15/h8-11H,4-7,15H2,1-3H3,(H2,16,19)(H,17,20)/t9-,10-,11-/m0/s1. The summed E-state index contributed by atoms with van der Waals surface area (Å²) in [6.45, 7) is 6.01. The second-order valence-corrected chi connectivity index (χ2v) is 6.07. The maximum absolute atomic E-state index is 12.3. The highest BCUT2D eigenvalue weighted by Crippen LogP contribution is 2.18. The Hall–Kier alpha value is -1.63. The number of nitrogens with zero attached hydrogens (tertiary/aromatic N) is 1. The molecule has 1 aliphatic heterocycles. The third-order valence-corrected chi connectivity index (χ3v) is 3.60. The van der Waals surface area contributed by atoms with Gasteiger partial charge in [0.2, 0.25) is 17.7 Å². The summed E-state index contributed by atoms with van der Waals surface area (Å²) < 4.78 is 0. The summed E-state index contributed by atoms with van der Waals surface area (Å²) in [5, 5.41) is 2.67. The second kappa shape index (κ2) is 7.40. The molecule has 0 aromatic heterocycles. The number of nitrogens with two attached hydrogens (primary N) is 2. The number of hydrogen-bond acceptors (Lipinski definition) is 4. The van der Waals surface area contributed by atoms with Gasteiger partial charge in [0.15, 0.2) is 0 Å². The first-order valence-electron chi connectivity index (χ1n) is 7.39. The van der Waals surface area contributed by atoms with Crippen LogP contribution in [0.15, 0.2) is 0 Å². The van der Waals surface area contributed by atoms with Crippen LogP contribution in [0.4, 0.5) is 0 Å². The van der Waals surface area contributed by atoms with E-state index in [1.54, 1.807) is 6.92 Å². The lowest BCUT2D eigenvalue weighted by atomic mass is 10.0. The van der Waals surface area contributed by atoms with Gasteiger partial charge >= 0.3 is 0 Å². The number of rotatable bonds is 6. The maximum atomic E-state index is 12.3. The van der Waals surface area contributed by atoms with Crippen LogP contribution in [0.1, 0.15) is 40.0 Å². The molecular weight excluding hydrogens is 272 g/mol. The Balaban J connectivity index is 2.72. The highest BCUT2D eigenvalue weighted by molar-refractivity contribution is 5.92. The molecule has 7 heteroatoms. The van der Waals surface area contributed by atoms with Gasteiger partial charge < -0.3 is 21.7 Å². The Morgan fingerprint density at radius 1 is 1.29 bits per heavy atom. The minimum atomic E-state index is -0.703. The summed E-state index contributed by atoms with van der Waals surface area (Å²) in [4.78, 5) is 37.2. The van der Waals surface area contributed by atoms with E-state index in [9.17, 15) is 14.4 Å². The van der Waals surface area contributed by atoms with Crippen LogP contribution in [0.5, 0.6) is 0 Å². The molecule has 0 saturated carbocycles. The molecule has 5 N–H and O–H groups in total. The van der Waals surface area contributed by atoms with Crippen LogP contribution in [0.2, 0.25) is 0 Å². The quantitative estimate of drug-likeness (QED) is 0.603. The molecule has 1 fully saturated rings. The molecule has 0 aromatic rings. The van der Waals surface area contributed by atoms with Gasteiger partial charge in [0, 0.05) is 6.54 Å². The highest BCUT2D eigenvalue weighted by atomic mass is 16.2. The first-order valence-corrected chi connectivity index (χ1v) is 7.39. The number of carbonyl (C=O) groups excluding carboxylic acids is 3. The van der Waals surface area contributed by atoms with Crippen molar-refractivity contribution < 1.29 is 14.4 Å². The molecule has 0 aromatic carbocycles. The molecule has 3 amide bonds. The summed E-state index contributed by atoms with van der Waals surface area (Å²) in [6.07, 6.45) is 1.81. The fourth-order valence-electron chi connectivity index (χ4n) is 2.55. The monoisotopic (exact) mass is 298 g/mol. The lowest BCUT2D eigenvalue weighted by Crippen LogP contribution is -2.54. The molecule has 1 heterocycles. The smallest absolute Gasteiger partial charge is 0.243 e. The molecule has 0 spiro atoms. The Bertz CT molecular complexity index is 409. The van der Waals surface area contributed by atoms with Crippen molar-refractivity contribution in [2.24, 2.45) is 17.4 Å². The molecule has 7 nitrogen and oxygen atoms in total. The number of nitrogens with one attached hydrogen (secondary N) is 1. The molecule has 0 bridgehead atoms. The molecule has 3 atom stereocenters. The van der Waals surface area contributed by atoms with Crippen LogP contribution in [0.3, 0.4) is 0 Å². The molecule has 21 heavy (non-hydrogen) atoms. The summed E-state index contributed by atoms with van der Waals surface area (Å²) in [6, 6.07) is -1.90. The third kappa shape index (κ3) is 4.70. The Morgan fingerprint density at radius 3 is 2.38 bits per heavy atom. The zero-order chi connectivity index (χ0) is 16.2. The average molecular weight is 298 g/mol. The van der Waals surface area contributed by atoms with Crippen molar-refractivity contribution in [2.45, 2.75) is 58.2 Å². The maximum Gasteiger partial charge on any atom is 0.243 e. The predicted octanol–water partition coefficient (Wildman–Crippen LogP) is -0.659. The summed E-state index contributed by atoms with van der Waals surface area (Å²) in [5.41, 5.74) is 10.9. The predicted molar refractivity (Wildman–Crippen MR) is 79.0 cm³/mol. The van der Waals surface area contributed by atoms with Gasteiger partial charge in [0.1, 0.15) is 12.1 Å². The van der Waals surface area contributed by atoms with E-state index in [1.807, 2.05) is 13.8 Å². The summed E-state index contributed by atoms with van der Waals surface area (Å²) in [5.74, 6) is -0.897. The normalized spacial score (nSPS) is 21.2. The van der Waals surface area contributed by atoms with Gasteiger partial charge in [-0.3, -0.25) is 14.4 Å². The second-order valence-electron chi connectivity index (χ2n) is 6.07. The van der Waals surface area contributed by atoms with Crippen molar-refractivity contribution in [3.63, 3.8) is 0 Å². The largest absolute Gasteiger partial charge is 0.368 e. The first-order chi connectivity index (χ1) is 9.73. The van der Waals surface area contributed by atoms with E-state index < -0.39 is 24.0 Å². The molecule has 0 radical (unpaired) electrons. The minimum absolute atomic E-state index is 0.230. The number of amides is 3. The van der Waals surface area contributed by atoms with Crippen LogP contribution < -0.4 is 16.8 Å². The minimum Gasteiger partial charge on any atom is -0.368 e. The fourth-order valence-corrected chi connectivity index (χ4v) is 2.55. The van der Waals surface area contributed by atoms with Gasteiger partial charge in [-0.15, -0.1) is 0 Å². The molecule has 1 rings (SSSR count). The Kier molecular flexibility index (Phi) is 6.14. The van der Waals surface area contributed by atoms with Gasteiger partial charge in [-0.2, -0.15) is 0 Å². The van der Waals surface area contributed by atoms with E-state index in [4.69, 9.17) is 11.5 Å². The SMILES string of the molecule is CC(C)C[C@H](NC(=O)[C@@H]1CCCN1C(=O)[C@H](C)N)C(N)=O. The zero-order valence-corrected chi connectivity index (χ0v) is 13.0.